The van der Waals surface area contributed by atoms with Crippen molar-refractivity contribution in [2.45, 2.75) is 20.8 Å². The minimum Gasteiger partial charge on any atom is -0.297 e. The van der Waals surface area contributed by atoms with Crippen LogP contribution in [0.1, 0.15) is 17.5 Å². The van der Waals surface area contributed by atoms with E-state index in [-0.39, 0.29) is 0 Å². The number of imidazole rings is 3. The Bertz CT molecular complexity index is 5310. The molecular formula is C84H60N6. The Morgan fingerprint density at radius 3 is 0.967 bits per heavy atom. The third-order valence-corrected chi connectivity index (χ3v) is 17.8. The van der Waals surface area contributed by atoms with Gasteiger partial charge in [-0.15, -0.1) is 0 Å². The van der Waals surface area contributed by atoms with Gasteiger partial charge in [-0.25, -0.2) is 15.0 Å². The van der Waals surface area contributed by atoms with E-state index in [0.717, 1.165) is 73.2 Å². The first-order valence-electron chi connectivity index (χ1n) is 30.7. The molecule has 0 unspecified atom stereocenters. The number of aromatic nitrogens is 6. The number of para-hydroxylation sites is 5. The lowest BCUT2D eigenvalue weighted by molar-refractivity contribution is 1.00. The topological polar surface area (TPSA) is 53.5 Å². The van der Waals surface area contributed by atoms with Gasteiger partial charge < -0.3 is 0 Å². The first-order valence-corrected chi connectivity index (χ1v) is 30.7. The minimum absolute atomic E-state index is 0.984. The number of rotatable bonds is 9. The molecule has 0 radical (unpaired) electrons. The van der Waals surface area contributed by atoms with Crippen molar-refractivity contribution in [1.82, 2.24) is 28.7 Å². The molecule has 3 heterocycles. The Hall–Kier alpha value is -11.7. The van der Waals surface area contributed by atoms with Crippen LogP contribution in [-0.4, -0.2) is 28.7 Å². The fourth-order valence-corrected chi connectivity index (χ4v) is 13.5. The minimum atomic E-state index is 0.984. The molecule has 90 heavy (non-hydrogen) atoms. The van der Waals surface area contributed by atoms with Gasteiger partial charge in [-0.05, 0) is 205 Å². The van der Waals surface area contributed by atoms with Crippen molar-refractivity contribution >= 4 is 65.4 Å². The van der Waals surface area contributed by atoms with Gasteiger partial charge in [0.05, 0.1) is 33.1 Å². The predicted octanol–water partition coefficient (Wildman–Crippen LogP) is 21.8. The van der Waals surface area contributed by atoms with E-state index in [9.17, 15) is 0 Å². The highest BCUT2D eigenvalue weighted by Gasteiger charge is 2.19. The highest BCUT2D eigenvalue weighted by molar-refractivity contribution is 6.21. The summed E-state index contributed by atoms with van der Waals surface area (Å²) in [4.78, 5) is 14.4. The molecule has 0 bridgehead atoms. The molecule has 3 aromatic heterocycles. The second-order valence-corrected chi connectivity index (χ2v) is 23.2. The molecule has 6 heteroatoms. The Kier molecular flexibility index (Phi) is 13.4. The summed E-state index contributed by atoms with van der Waals surface area (Å²) in [5.41, 5.74) is 24.4. The Balaban J connectivity index is 0.000000145. The van der Waals surface area contributed by atoms with Gasteiger partial charge >= 0.3 is 0 Å². The van der Waals surface area contributed by atoms with Crippen molar-refractivity contribution < 1.29 is 0 Å². The van der Waals surface area contributed by atoms with Crippen LogP contribution in [0.5, 0.6) is 0 Å². The van der Waals surface area contributed by atoms with Crippen LogP contribution in [-0.2, 0) is 0 Å². The lowest BCUT2D eigenvalue weighted by Crippen LogP contribution is -1.96. The maximum atomic E-state index is 4.93. The number of fused-ring (bicyclic) bond motifs is 6. The van der Waals surface area contributed by atoms with Crippen molar-refractivity contribution in [2.75, 3.05) is 0 Å². The van der Waals surface area contributed by atoms with Crippen LogP contribution in [0.2, 0.25) is 0 Å². The molecule has 0 aliphatic heterocycles. The van der Waals surface area contributed by atoms with E-state index < -0.39 is 0 Å². The molecule has 0 saturated heterocycles. The molecule has 0 fully saturated rings. The van der Waals surface area contributed by atoms with E-state index >= 15 is 0 Å². The highest BCUT2D eigenvalue weighted by atomic mass is 15.1. The molecule has 0 N–H and O–H groups in total. The van der Waals surface area contributed by atoms with Crippen molar-refractivity contribution in [1.29, 1.82) is 0 Å². The third-order valence-electron chi connectivity index (χ3n) is 17.8. The van der Waals surface area contributed by atoms with Crippen LogP contribution >= 0.6 is 0 Å². The average Bonchev–Trinajstić information content (AvgIpc) is 1.13. The third kappa shape index (κ3) is 9.68. The largest absolute Gasteiger partial charge is 0.297 e. The number of hydrogen-bond acceptors (Lipinski definition) is 3. The lowest BCUT2D eigenvalue weighted by Gasteiger charge is -2.18. The summed E-state index contributed by atoms with van der Waals surface area (Å²) in [5, 5.41) is 7.50. The summed E-state index contributed by atoms with van der Waals surface area (Å²) in [7, 11) is 0. The van der Waals surface area contributed by atoms with E-state index in [1.54, 1.807) is 0 Å². The fourth-order valence-electron chi connectivity index (χ4n) is 13.5. The summed E-state index contributed by atoms with van der Waals surface area (Å²) < 4.78 is 6.65. The maximum Gasteiger partial charge on any atom is 0.111 e. The van der Waals surface area contributed by atoms with Gasteiger partial charge in [0.25, 0.3) is 0 Å². The van der Waals surface area contributed by atoms with Crippen molar-refractivity contribution in [3.8, 4) is 83.8 Å². The van der Waals surface area contributed by atoms with Crippen LogP contribution in [0, 0.1) is 20.8 Å². The smallest absolute Gasteiger partial charge is 0.111 e. The lowest BCUT2D eigenvalue weighted by atomic mass is 9.85. The Morgan fingerprint density at radius 2 is 0.511 bits per heavy atom. The zero-order chi connectivity index (χ0) is 60.2. The van der Waals surface area contributed by atoms with Crippen molar-refractivity contribution in [3.05, 3.63) is 327 Å². The molecule has 0 aliphatic rings. The van der Waals surface area contributed by atoms with Crippen LogP contribution in [0.3, 0.4) is 0 Å². The standard InChI is InChI=1S/C46H32N2.C38H28N4/c1-31-47-43-30-37(28-29-44(43)48(31)38-14-6-3-7-15-38)34-22-26-36(27-23-34)46-41-18-10-8-16-39(41)45(40-17-9-11-19-42(40)46)35-24-20-33(21-25-35)32-12-4-2-5-13-32;1-25-39-35-7-3-5-9-37(35)41(25)33-19-15-27(16-20-33)30-13-11-29-12-14-31(24-32(29)23-30)28-17-21-34(22-18-28)42-26(2)40-36-8-4-6-10-38(36)42/h2-30H,1H3;3-24H,1-2H3. The van der Waals surface area contributed by atoms with E-state index in [1.807, 2.05) is 18.2 Å². The Labute approximate surface area is 522 Å². The molecule has 17 aromatic rings. The number of aryl methyl sites for hydroxylation is 3. The molecule has 6 nitrogen and oxygen atoms in total. The number of hydrogen-bond donors (Lipinski definition) is 0. The van der Waals surface area contributed by atoms with Crippen LogP contribution in [0.15, 0.2) is 309 Å². The summed E-state index contributed by atoms with van der Waals surface area (Å²) >= 11 is 0. The van der Waals surface area contributed by atoms with Gasteiger partial charge in [0.2, 0.25) is 0 Å². The normalized spacial score (nSPS) is 11.5. The Morgan fingerprint density at radius 1 is 0.211 bits per heavy atom. The van der Waals surface area contributed by atoms with E-state index in [2.05, 4.69) is 326 Å². The van der Waals surface area contributed by atoms with E-state index in [1.165, 1.54) is 93.5 Å². The molecular weight excluding hydrogens is 1090 g/mol. The van der Waals surface area contributed by atoms with Gasteiger partial charge in [0.15, 0.2) is 0 Å². The maximum absolute atomic E-state index is 4.93. The summed E-state index contributed by atoms with van der Waals surface area (Å²) in [6, 6.07) is 111. The molecule has 0 aliphatic carbocycles. The summed E-state index contributed by atoms with van der Waals surface area (Å²) in [6.07, 6.45) is 0. The molecule has 0 spiro atoms. The highest BCUT2D eigenvalue weighted by Crippen LogP contribution is 2.45. The monoisotopic (exact) mass is 1150 g/mol. The van der Waals surface area contributed by atoms with Gasteiger partial charge in [0.1, 0.15) is 17.5 Å². The number of benzene rings is 14. The van der Waals surface area contributed by atoms with Crippen LogP contribution < -0.4 is 0 Å². The molecule has 0 amide bonds. The van der Waals surface area contributed by atoms with Gasteiger partial charge in [-0.2, -0.15) is 0 Å². The number of nitrogens with zero attached hydrogens (tertiary/aromatic N) is 6. The van der Waals surface area contributed by atoms with Gasteiger partial charge in [-0.3, -0.25) is 13.7 Å². The fraction of sp³-hybridized carbons (Fsp3) is 0.0357. The molecule has 426 valence electrons. The van der Waals surface area contributed by atoms with Crippen LogP contribution in [0.25, 0.3) is 149 Å². The first kappa shape index (κ1) is 53.7. The quantitative estimate of drug-likeness (QED) is 0.135. The zero-order valence-corrected chi connectivity index (χ0v) is 50.1. The van der Waals surface area contributed by atoms with E-state index in [0.29, 0.717) is 0 Å². The average molecular weight is 1150 g/mol. The SMILES string of the molecule is Cc1nc2cc(-c3ccc(-c4c5ccccc5c(-c5ccc(-c6ccccc6)cc5)c5ccccc45)cc3)ccc2n1-c1ccccc1.Cc1nc2ccccc2n1-c1ccc(-c2ccc3ccc(-c4ccc(-n5c(C)nc6ccccc65)cc4)cc3c2)cc1. The summed E-state index contributed by atoms with van der Waals surface area (Å²) in [5.74, 6) is 2.96. The van der Waals surface area contributed by atoms with Crippen molar-refractivity contribution in [3.63, 3.8) is 0 Å². The van der Waals surface area contributed by atoms with Crippen molar-refractivity contribution in [2.24, 2.45) is 0 Å². The van der Waals surface area contributed by atoms with Gasteiger partial charge in [0, 0.05) is 17.1 Å². The molecule has 14 aromatic carbocycles. The molecule has 0 atom stereocenters. The predicted molar refractivity (Wildman–Crippen MR) is 376 cm³/mol. The summed E-state index contributed by atoms with van der Waals surface area (Å²) in [6.45, 7) is 6.19. The van der Waals surface area contributed by atoms with E-state index in [4.69, 9.17) is 15.0 Å². The van der Waals surface area contributed by atoms with Crippen LogP contribution in [0.4, 0.5) is 0 Å². The second-order valence-electron chi connectivity index (χ2n) is 23.2. The second kappa shape index (κ2) is 22.5. The zero-order valence-electron chi connectivity index (χ0n) is 50.1. The molecule has 17 rings (SSSR count). The molecule has 0 saturated carbocycles. The first-order chi connectivity index (χ1) is 44.3. The van der Waals surface area contributed by atoms with Gasteiger partial charge in [-0.1, -0.05) is 224 Å².